The van der Waals surface area contributed by atoms with E-state index in [2.05, 4.69) is 5.32 Å². The molecule has 0 bridgehead atoms. The van der Waals surface area contributed by atoms with Gasteiger partial charge in [0.2, 0.25) is 0 Å². The molecule has 0 aromatic rings. The molecule has 2 N–H and O–H groups in total. The van der Waals surface area contributed by atoms with E-state index < -0.39 is 25.0 Å². The second-order valence-electron chi connectivity index (χ2n) is 3.37. The molecule has 0 aromatic heterocycles. The number of aliphatic hydroxyl groups excluding tert-OH is 1. The Morgan fingerprint density at radius 3 is 2.88 bits per heavy atom. The summed E-state index contributed by atoms with van der Waals surface area (Å²) in [6.07, 6.45) is 1.14. The molecule has 7 nitrogen and oxygen atoms in total. The minimum atomic E-state index is -0.906. The number of urea groups is 1. The van der Waals surface area contributed by atoms with Gasteiger partial charge in [-0.15, -0.1) is 0 Å². The zero-order chi connectivity index (χ0) is 12.8. The van der Waals surface area contributed by atoms with Crippen molar-refractivity contribution >= 4 is 18.1 Å². The van der Waals surface area contributed by atoms with Crippen LogP contribution >= 0.6 is 0 Å². The van der Waals surface area contributed by atoms with Crippen molar-refractivity contribution in [1.29, 1.82) is 0 Å². The van der Waals surface area contributed by atoms with E-state index in [4.69, 9.17) is 9.84 Å². The number of nitrogens with one attached hydrogen (secondary N) is 1. The lowest BCUT2D eigenvalue weighted by atomic mass is 10.2. The highest BCUT2D eigenvalue weighted by Gasteiger charge is 2.37. The first-order valence-electron chi connectivity index (χ1n) is 5.05. The third-order valence-corrected chi connectivity index (χ3v) is 2.31. The van der Waals surface area contributed by atoms with Crippen molar-refractivity contribution in [3.8, 4) is 0 Å². The molecule has 1 heterocycles. The molecule has 94 valence electrons. The fraction of sp³-hybridized carbons (Fsp3) is 0.500. The molecule has 1 aliphatic heterocycles. The fourth-order valence-corrected chi connectivity index (χ4v) is 1.48. The van der Waals surface area contributed by atoms with Crippen LogP contribution in [-0.2, 0) is 14.3 Å². The van der Waals surface area contributed by atoms with Gasteiger partial charge in [-0.3, -0.25) is 14.5 Å². The van der Waals surface area contributed by atoms with Crippen LogP contribution in [0.1, 0.15) is 6.42 Å². The summed E-state index contributed by atoms with van der Waals surface area (Å²) in [5.74, 6) is -0.272. The standard InChI is InChI=1S/C10H14N2O5/c1-11-10(16)12(3-2-4-13)9-5-7(15)8(6-14)17-9/h2-4,8-9,14H,5-6H2,1H3,(H,11,16)/b3-2-/t8-,9-/m1/s1. The third-order valence-electron chi connectivity index (χ3n) is 2.31. The van der Waals surface area contributed by atoms with Gasteiger partial charge in [0.25, 0.3) is 0 Å². The summed E-state index contributed by atoms with van der Waals surface area (Å²) in [5.41, 5.74) is 0. The first-order valence-corrected chi connectivity index (χ1v) is 5.05. The molecule has 17 heavy (non-hydrogen) atoms. The number of carbonyl (C=O) groups excluding carboxylic acids is 3. The second kappa shape index (κ2) is 6.12. The Hall–Kier alpha value is -1.73. The second-order valence-corrected chi connectivity index (χ2v) is 3.37. The molecule has 0 spiro atoms. The molecular weight excluding hydrogens is 228 g/mol. The molecule has 0 aromatic carbocycles. The van der Waals surface area contributed by atoms with E-state index in [9.17, 15) is 14.4 Å². The van der Waals surface area contributed by atoms with E-state index >= 15 is 0 Å². The van der Waals surface area contributed by atoms with Gasteiger partial charge in [-0.1, -0.05) is 0 Å². The van der Waals surface area contributed by atoms with Crippen molar-refractivity contribution in [2.45, 2.75) is 18.8 Å². The van der Waals surface area contributed by atoms with Gasteiger partial charge in [-0.25, -0.2) is 4.79 Å². The number of amides is 2. The number of carbonyl (C=O) groups is 3. The highest BCUT2D eigenvalue weighted by molar-refractivity contribution is 5.86. The molecular formula is C10H14N2O5. The largest absolute Gasteiger partial charge is 0.393 e. The summed E-state index contributed by atoms with van der Waals surface area (Å²) in [5, 5.41) is 11.2. The number of allylic oxidation sites excluding steroid dienone is 1. The normalized spacial score (nSPS) is 24.0. The molecule has 0 aliphatic carbocycles. The molecule has 0 radical (unpaired) electrons. The van der Waals surface area contributed by atoms with Crippen LogP contribution in [0.25, 0.3) is 0 Å². The maximum Gasteiger partial charge on any atom is 0.323 e. The Labute approximate surface area is 98.0 Å². The lowest BCUT2D eigenvalue weighted by Gasteiger charge is -2.23. The number of hydrogen-bond acceptors (Lipinski definition) is 5. The minimum Gasteiger partial charge on any atom is -0.393 e. The molecule has 0 unspecified atom stereocenters. The van der Waals surface area contributed by atoms with Crippen LogP contribution in [0.15, 0.2) is 12.3 Å². The quantitative estimate of drug-likeness (QED) is 0.488. The molecule has 2 atom stereocenters. The topological polar surface area (TPSA) is 95.9 Å². The SMILES string of the molecule is CNC(=O)N(/C=C\C=O)[C@H]1CC(=O)[C@@H](CO)O1. The van der Waals surface area contributed by atoms with Crippen LogP contribution in [0.3, 0.4) is 0 Å². The first-order chi connectivity index (χ1) is 8.13. The smallest absolute Gasteiger partial charge is 0.323 e. The number of hydrogen-bond donors (Lipinski definition) is 2. The Balaban J connectivity index is 2.78. The molecule has 1 fully saturated rings. The van der Waals surface area contributed by atoms with Crippen LogP contribution < -0.4 is 5.32 Å². The van der Waals surface area contributed by atoms with Crippen LogP contribution in [0.4, 0.5) is 4.79 Å². The Kier molecular flexibility index (Phi) is 4.80. The van der Waals surface area contributed by atoms with Crippen molar-refractivity contribution in [3.05, 3.63) is 12.3 Å². The Morgan fingerprint density at radius 2 is 2.41 bits per heavy atom. The zero-order valence-electron chi connectivity index (χ0n) is 9.33. The summed E-state index contributed by atoms with van der Waals surface area (Å²) in [6, 6.07) is -0.500. The average molecular weight is 242 g/mol. The van der Waals surface area contributed by atoms with Gasteiger partial charge < -0.3 is 15.2 Å². The molecule has 1 saturated heterocycles. The number of rotatable bonds is 4. The monoisotopic (exact) mass is 242 g/mol. The molecule has 1 rings (SSSR count). The van der Waals surface area contributed by atoms with Crippen LogP contribution in [0, 0.1) is 0 Å². The fourth-order valence-electron chi connectivity index (χ4n) is 1.48. The first kappa shape index (κ1) is 13.3. The van der Waals surface area contributed by atoms with Crippen molar-refractivity contribution < 1.29 is 24.2 Å². The van der Waals surface area contributed by atoms with E-state index in [-0.39, 0.29) is 12.2 Å². The van der Waals surface area contributed by atoms with Gasteiger partial charge in [0.05, 0.1) is 13.0 Å². The minimum absolute atomic E-state index is 0.0121. The van der Waals surface area contributed by atoms with E-state index in [0.717, 1.165) is 11.0 Å². The Bertz CT molecular complexity index is 342. The van der Waals surface area contributed by atoms with Crippen molar-refractivity contribution in [2.24, 2.45) is 0 Å². The van der Waals surface area contributed by atoms with E-state index in [0.29, 0.717) is 6.29 Å². The van der Waals surface area contributed by atoms with Gasteiger partial charge in [0.1, 0.15) is 18.6 Å². The zero-order valence-corrected chi connectivity index (χ0v) is 9.33. The number of ether oxygens (including phenoxy) is 1. The third kappa shape index (κ3) is 3.11. The van der Waals surface area contributed by atoms with E-state index in [1.165, 1.54) is 13.2 Å². The number of Topliss-reactive ketones (excluding diaryl/α,β-unsaturated/α-hetero) is 1. The molecule has 7 heteroatoms. The maximum absolute atomic E-state index is 11.5. The summed E-state index contributed by atoms with van der Waals surface area (Å²) in [4.78, 5) is 34.2. The van der Waals surface area contributed by atoms with Crippen molar-refractivity contribution in [1.82, 2.24) is 10.2 Å². The number of nitrogens with zero attached hydrogens (tertiary/aromatic N) is 1. The van der Waals surface area contributed by atoms with Crippen LogP contribution in [0.5, 0.6) is 0 Å². The number of aldehydes is 1. The maximum atomic E-state index is 11.5. The van der Waals surface area contributed by atoms with E-state index in [1.54, 1.807) is 0 Å². The highest BCUT2D eigenvalue weighted by atomic mass is 16.5. The Morgan fingerprint density at radius 1 is 1.71 bits per heavy atom. The van der Waals surface area contributed by atoms with Gasteiger partial charge >= 0.3 is 6.03 Å². The number of aliphatic hydroxyl groups is 1. The van der Waals surface area contributed by atoms with E-state index in [1.807, 2.05) is 0 Å². The van der Waals surface area contributed by atoms with Crippen LogP contribution in [-0.4, -0.2) is 54.1 Å². The lowest BCUT2D eigenvalue weighted by molar-refractivity contribution is -0.125. The highest BCUT2D eigenvalue weighted by Crippen LogP contribution is 2.20. The van der Waals surface area contributed by atoms with Crippen molar-refractivity contribution in [3.63, 3.8) is 0 Å². The van der Waals surface area contributed by atoms with Gasteiger partial charge in [-0.2, -0.15) is 0 Å². The number of ketones is 1. The average Bonchev–Trinajstić information content (AvgIpc) is 2.70. The summed E-state index contributed by atoms with van der Waals surface area (Å²) < 4.78 is 5.20. The molecule has 0 saturated carbocycles. The predicted octanol–water partition coefficient (Wildman–Crippen LogP) is -0.983. The molecule has 1 aliphatic rings. The van der Waals surface area contributed by atoms with Gasteiger partial charge in [0.15, 0.2) is 5.78 Å². The predicted molar refractivity (Wildman–Crippen MR) is 56.9 cm³/mol. The summed E-state index contributed by atoms with van der Waals surface area (Å²) in [6.45, 7) is -0.422. The van der Waals surface area contributed by atoms with Gasteiger partial charge in [-0.05, 0) is 6.08 Å². The molecule has 2 amide bonds. The van der Waals surface area contributed by atoms with Crippen molar-refractivity contribution in [2.75, 3.05) is 13.7 Å². The summed E-state index contributed by atoms with van der Waals surface area (Å²) in [7, 11) is 1.42. The lowest BCUT2D eigenvalue weighted by Crippen LogP contribution is -2.41. The van der Waals surface area contributed by atoms with Gasteiger partial charge in [0, 0.05) is 13.2 Å². The van der Waals surface area contributed by atoms with Crippen LogP contribution in [0.2, 0.25) is 0 Å². The summed E-state index contributed by atoms with van der Waals surface area (Å²) >= 11 is 0.